The van der Waals surface area contributed by atoms with Crippen LogP contribution in [0.2, 0.25) is 0 Å². The van der Waals surface area contributed by atoms with Gasteiger partial charge < -0.3 is 10.6 Å². The number of nitrogens with two attached hydrogens (primary N) is 1. The summed E-state index contributed by atoms with van der Waals surface area (Å²) in [6.07, 6.45) is 0.838. The Balaban J connectivity index is 2.84. The van der Waals surface area contributed by atoms with Gasteiger partial charge in [0.1, 0.15) is 6.61 Å². The first kappa shape index (κ1) is 11.2. The maximum Gasteiger partial charge on any atom is 0.271 e. The number of benzene rings is 1. The molecule has 0 radical (unpaired) electrons. The molecule has 4 nitrogen and oxygen atoms in total. The first-order valence-corrected chi connectivity index (χ1v) is 4.81. The Morgan fingerprint density at radius 3 is 2.60 bits per heavy atom. The largest absolute Gasteiger partial charge is 0.395 e. The summed E-state index contributed by atoms with van der Waals surface area (Å²) in [5.74, 6) is -0.586. The van der Waals surface area contributed by atoms with E-state index in [1.165, 1.54) is 0 Å². The third-order valence-corrected chi connectivity index (χ3v) is 1.73. The van der Waals surface area contributed by atoms with Crippen LogP contribution in [0.15, 0.2) is 35.5 Å². The molecule has 0 spiro atoms. The van der Waals surface area contributed by atoms with Crippen molar-refractivity contribution in [2.24, 2.45) is 10.9 Å². The fourth-order valence-electron chi connectivity index (χ4n) is 1.04. The van der Waals surface area contributed by atoms with Gasteiger partial charge in [0.2, 0.25) is 0 Å². The molecule has 1 rings (SSSR count). The number of oxime groups is 1. The SMILES string of the molecule is CCCON=C(C(N)=O)c1ccccc1. The molecule has 2 N–H and O–H groups in total. The summed E-state index contributed by atoms with van der Waals surface area (Å²) in [4.78, 5) is 16.1. The quantitative estimate of drug-likeness (QED) is 0.448. The normalized spacial score (nSPS) is 11.1. The van der Waals surface area contributed by atoms with Gasteiger partial charge in [-0.3, -0.25) is 4.79 Å². The highest BCUT2D eigenvalue weighted by molar-refractivity contribution is 6.44. The molecule has 0 aliphatic rings. The van der Waals surface area contributed by atoms with E-state index in [1.807, 2.05) is 25.1 Å². The van der Waals surface area contributed by atoms with Gasteiger partial charge in [-0.1, -0.05) is 42.4 Å². The van der Waals surface area contributed by atoms with Crippen molar-refractivity contribution >= 4 is 11.6 Å². The molecular weight excluding hydrogens is 192 g/mol. The maximum absolute atomic E-state index is 11.1. The van der Waals surface area contributed by atoms with E-state index in [1.54, 1.807) is 12.1 Å². The molecule has 0 atom stereocenters. The number of primary amides is 1. The van der Waals surface area contributed by atoms with Crippen molar-refractivity contribution in [1.29, 1.82) is 0 Å². The summed E-state index contributed by atoms with van der Waals surface area (Å²) in [5.41, 5.74) is 6.03. The van der Waals surface area contributed by atoms with Gasteiger partial charge >= 0.3 is 0 Å². The average molecular weight is 206 g/mol. The predicted octanol–water partition coefficient (Wildman–Crippen LogP) is 1.30. The molecule has 0 heterocycles. The minimum absolute atomic E-state index is 0.157. The Labute approximate surface area is 88.7 Å². The molecule has 0 unspecified atom stereocenters. The van der Waals surface area contributed by atoms with Crippen LogP contribution < -0.4 is 5.73 Å². The summed E-state index contributed by atoms with van der Waals surface area (Å²) in [6, 6.07) is 9.01. The van der Waals surface area contributed by atoms with E-state index in [2.05, 4.69) is 5.16 Å². The molecular formula is C11H14N2O2. The summed E-state index contributed by atoms with van der Waals surface area (Å²) in [6.45, 7) is 2.44. The van der Waals surface area contributed by atoms with E-state index < -0.39 is 5.91 Å². The van der Waals surface area contributed by atoms with Gasteiger partial charge in [0.05, 0.1) is 0 Å². The molecule has 4 heteroatoms. The van der Waals surface area contributed by atoms with Gasteiger partial charge in [-0.25, -0.2) is 0 Å². The van der Waals surface area contributed by atoms with Crippen LogP contribution in [0, 0.1) is 0 Å². The molecule has 0 fully saturated rings. The average Bonchev–Trinajstić information content (AvgIpc) is 2.25. The summed E-state index contributed by atoms with van der Waals surface area (Å²) in [5, 5.41) is 3.73. The zero-order valence-corrected chi connectivity index (χ0v) is 8.64. The van der Waals surface area contributed by atoms with Gasteiger partial charge in [-0.15, -0.1) is 0 Å². The number of hydrogen-bond acceptors (Lipinski definition) is 3. The molecule has 0 saturated heterocycles. The third kappa shape index (κ3) is 3.42. The lowest BCUT2D eigenvalue weighted by atomic mass is 10.1. The van der Waals surface area contributed by atoms with Crippen LogP contribution >= 0.6 is 0 Å². The van der Waals surface area contributed by atoms with Crippen LogP contribution in [0.25, 0.3) is 0 Å². The van der Waals surface area contributed by atoms with Crippen LogP contribution in [0.3, 0.4) is 0 Å². The number of amides is 1. The van der Waals surface area contributed by atoms with Crippen molar-refractivity contribution in [2.75, 3.05) is 6.61 Å². The molecule has 80 valence electrons. The smallest absolute Gasteiger partial charge is 0.271 e. The highest BCUT2D eigenvalue weighted by atomic mass is 16.6. The molecule has 0 aromatic heterocycles. The lowest BCUT2D eigenvalue weighted by molar-refractivity contribution is -0.112. The van der Waals surface area contributed by atoms with Gasteiger partial charge in [0.15, 0.2) is 5.71 Å². The molecule has 0 aliphatic heterocycles. The number of carbonyl (C=O) groups excluding carboxylic acids is 1. The second-order valence-corrected chi connectivity index (χ2v) is 3.00. The lowest BCUT2D eigenvalue weighted by Crippen LogP contribution is -2.24. The van der Waals surface area contributed by atoms with Crippen molar-refractivity contribution in [2.45, 2.75) is 13.3 Å². The fraction of sp³-hybridized carbons (Fsp3) is 0.273. The highest BCUT2D eigenvalue weighted by Crippen LogP contribution is 2.01. The second kappa shape index (κ2) is 5.80. The highest BCUT2D eigenvalue weighted by Gasteiger charge is 2.10. The van der Waals surface area contributed by atoms with Gasteiger partial charge in [0.25, 0.3) is 5.91 Å². The van der Waals surface area contributed by atoms with E-state index in [0.717, 1.165) is 6.42 Å². The Bertz CT molecular complexity index is 347. The Morgan fingerprint density at radius 1 is 1.40 bits per heavy atom. The number of rotatable bonds is 5. The van der Waals surface area contributed by atoms with Gasteiger partial charge in [-0.05, 0) is 6.42 Å². The van der Waals surface area contributed by atoms with Crippen molar-refractivity contribution in [3.8, 4) is 0 Å². The van der Waals surface area contributed by atoms with Crippen LogP contribution in [0.5, 0.6) is 0 Å². The van der Waals surface area contributed by atoms with Crippen LogP contribution in [-0.4, -0.2) is 18.2 Å². The van der Waals surface area contributed by atoms with Crippen LogP contribution in [-0.2, 0) is 9.63 Å². The molecule has 15 heavy (non-hydrogen) atoms. The number of carbonyl (C=O) groups is 1. The second-order valence-electron chi connectivity index (χ2n) is 3.00. The van der Waals surface area contributed by atoms with Crippen molar-refractivity contribution < 1.29 is 9.63 Å². The lowest BCUT2D eigenvalue weighted by Gasteiger charge is -2.02. The number of hydrogen-bond donors (Lipinski definition) is 1. The molecule has 1 aromatic carbocycles. The third-order valence-electron chi connectivity index (χ3n) is 1.73. The Morgan fingerprint density at radius 2 is 2.07 bits per heavy atom. The van der Waals surface area contributed by atoms with Crippen molar-refractivity contribution in [3.05, 3.63) is 35.9 Å². The van der Waals surface area contributed by atoms with E-state index in [9.17, 15) is 4.79 Å². The van der Waals surface area contributed by atoms with E-state index in [-0.39, 0.29) is 5.71 Å². The Kier molecular flexibility index (Phi) is 4.34. The molecule has 0 saturated carbocycles. The topological polar surface area (TPSA) is 64.7 Å². The van der Waals surface area contributed by atoms with Crippen molar-refractivity contribution in [1.82, 2.24) is 0 Å². The minimum Gasteiger partial charge on any atom is -0.395 e. The summed E-state index contributed by atoms with van der Waals surface area (Å²) in [7, 11) is 0. The molecule has 1 aromatic rings. The number of nitrogens with zero attached hydrogens (tertiary/aromatic N) is 1. The Hall–Kier alpha value is -1.84. The molecule has 0 bridgehead atoms. The van der Waals surface area contributed by atoms with Crippen LogP contribution in [0.1, 0.15) is 18.9 Å². The van der Waals surface area contributed by atoms with Gasteiger partial charge in [-0.2, -0.15) is 0 Å². The first-order valence-electron chi connectivity index (χ1n) is 4.81. The van der Waals surface area contributed by atoms with E-state index in [4.69, 9.17) is 10.6 Å². The zero-order chi connectivity index (χ0) is 11.1. The summed E-state index contributed by atoms with van der Waals surface area (Å²) < 4.78 is 0. The minimum atomic E-state index is -0.586. The summed E-state index contributed by atoms with van der Waals surface area (Å²) >= 11 is 0. The van der Waals surface area contributed by atoms with E-state index in [0.29, 0.717) is 12.2 Å². The molecule has 1 amide bonds. The van der Waals surface area contributed by atoms with Gasteiger partial charge in [0, 0.05) is 5.56 Å². The van der Waals surface area contributed by atoms with E-state index >= 15 is 0 Å². The zero-order valence-electron chi connectivity index (χ0n) is 8.64. The fourth-order valence-corrected chi connectivity index (χ4v) is 1.04. The molecule has 0 aliphatic carbocycles. The van der Waals surface area contributed by atoms with Crippen molar-refractivity contribution in [3.63, 3.8) is 0 Å². The monoisotopic (exact) mass is 206 g/mol. The van der Waals surface area contributed by atoms with Crippen LogP contribution in [0.4, 0.5) is 0 Å². The maximum atomic E-state index is 11.1. The predicted molar refractivity (Wildman–Crippen MR) is 58.4 cm³/mol. The standard InChI is InChI=1S/C11H14N2O2/c1-2-8-15-13-10(11(12)14)9-6-4-3-5-7-9/h3-7H,2,8H2,1H3,(H2,12,14). The first-order chi connectivity index (χ1) is 7.25.